The normalized spacial score (nSPS) is 15.0. The number of benzene rings is 2. The smallest absolute Gasteiger partial charge is 0.248 e. The molecule has 1 fully saturated rings. The van der Waals surface area contributed by atoms with E-state index in [2.05, 4.69) is 5.32 Å². The van der Waals surface area contributed by atoms with Crippen molar-refractivity contribution in [2.45, 2.75) is 6.92 Å². The van der Waals surface area contributed by atoms with Gasteiger partial charge in [0.05, 0.1) is 18.9 Å². The lowest BCUT2D eigenvalue weighted by atomic mass is 10.1. The van der Waals surface area contributed by atoms with Gasteiger partial charge in [-0.1, -0.05) is 12.1 Å². The number of ether oxygens (including phenoxy) is 1. The minimum absolute atomic E-state index is 0.332. The third-order valence-electron chi connectivity index (χ3n) is 4.21. The molecule has 0 atom stereocenters. The summed E-state index contributed by atoms with van der Waals surface area (Å²) in [6.45, 7) is 4.19. The van der Waals surface area contributed by atoms with Gasteiger partial charge in [-0.25, -0.2) is 8.78 Å². The van der Waals surface area contributed by atoms with E-state index < -0.39 is 0 Å². The highest BCUT2D eigenvalue weighted by Gasteiger charge is 2.15. The summed E-state index contributed by atoms with van der Waals surface area (Å²) in [6.07, 6.45) is 1.40. The number of hydrogen-bond acceptors (Lipinski definition) is 3. The maximum atomic E-state index is 14.4. The van der Waals surface area contributed by atoms with Gasteiger partial charge < -0.3 is 15.0 Å². The molecule has 6 heteroatoms. The van der Waals surface area contributed by atoms with Crippen molar-refractivity contribution < 1.29 is 18.3 Å². The second-order valence-corrected chi connectivity index (χ2v) is 6.09. The van der Waals surface area contributed by atoms with E-state index in [-0.39, 0.29) is 17.5 Å². The lowest BCUT2D eigenvalue weighted by Crippen LogP contribution is -2.36. The van der Waals surface area contributed by atoms with E-state index in [0.29, 0.717) is 43.3 Å². The van der Waals surface area contributed by atoms with Gasteiger partial charge in [-0.05, 0) is 48.4 Å². The SMILES string of the molecule is C/C(=C/C(=O)Nc1ccc(N2CCOCC2)c(F)c1)c1ccc(F)cc1. The first-order valence-electron chi connectivity index (χ1n) is 8.40. The molecule has 3 rings (SSSR count). The first-order valence-corrected chi connectivity index (χ1v) is 8.40. The first kappa shape index (κ1) is 18.1. The highest BCUT2D eigenvalue weighted by molar-refractivity contribution is 6.03. The fourth-order valence-electron chi connectivity index (χ4n) is 2.82. The van der Waals surface area contributed by atoms with Crippen LogP contribution in [0.5, 0.6) is 0 Å². The predicted octanol–water partition coefficient (Wildman–Crippen LogP) is 3.84. The molecule has 0 aliphatic carbocycles. The molecule has 0 spiro atoms. The summed E-state index contributed by atoms with van der Waals surface area (Å²) in [4.78, 5) is 14.1. The van der Waals surface area contributed by atoms with Crippen molar-refractivity contribution in [2.24, 2.45) is 0 Å². The van der Waals surface area contributed by atoms with Gasteiger partial charge in [-0.2, -0.15) is 0 Å². The third-order valence-corrected chi connectivity index (χ3v) is 4.21. The number of carbonyl (C=O) groups is 1. The van der Waals surface area contributed by atoms with Gasteiger partial charge in [0.25, 0.3) is 0 Å². The zero-order valence-corrected chi connectivity index (χ0v) is 14.5. The van der Waals surface area contributed by atoms with Crippen LogP contribution in [-0.4, -0.2) is 32.2 Å². The number of hydrogen-bond donors (Lipinski definition) is 1. The summed E-state index contributed by atoms with van der Waals surface area (Å²) in [5.74, 6) is -1.09. The van der Waals surface area contributed by atoms with Crippen molar-refractivity contribution in [1.82, 2.24) is 0 Å². The molecule has 2 aromatic carbocycles. The molecular weight excluding hydrogens is 338 g/mol. The molecule has 0 aromatic heterocycles. The molecule has 1 aliphatic heterocycles. The second-order valence-electron chi connectivity index (χ2n) is 6.09. The topological polar surface area (TPSA) is 41.6 Å². The number of morpholine rings is 1. The average Bonchev–Trinajstić information content (AvgIpc) is 2.63. The van der Waals surface area contributed by atoms with Crippen LogP contribution in [0.1, 0.15) is 12.5 Å². The van der Waals surface area contributed by atoms with E-state index in [4.69, 9.17) is 4.74 Å². The van der Waals surface area contributed by atoms with Gasteiger partial charge in [-0.15, -0.1) is 0 Å². The number of nitrogens with zero attached hydrogens (tertiary/aromatic N) is 1. The summed E-state index contributed by atoms with van der Waals surface area (Å²) in [5, 5.41) is 2.65. The van der Waals surface area contributed by atoms with Gasteiger partial charge in [0.1, 0.15) is 11.6 Å². The summed E-state index contributed by atoms with van der Waals surface area (Å²) in [7, 11) is 0. The van der Waals surface area contributed by atoms with Crippen molar-refractivity contribution in [3.8, 4) is 0 Å². The molecule has 136 valence electrons. The van der Waals surface area contributed by atoms with Crippen molar-refractivity contribution in [3.63, 3.8) is 0 Å². The minimum atomic E-state index is -0.385. The summed E-state index contributed by atoms with van der Waals surface area (Å²) < 4.78 is 32.6. The van der Waals surface area contributed by atoms with Gasteiger partial charge in [0.15, 0.2) is 0 Å². The Hall–Kier alpha value is -2.73. The summed E-state index contributed by atoms with van der Waals surface area (Å²) in [6, 6.07) is 10.5. The van der Waals surface area contributed by atoms with Gasteiger partial charge in [-0.3, -0.25) is 4.79 Å². The zero-order chi connectivity index (χ0) is 18.5. The third kappa shape index (κ3) is 4.46. The Labute approximate surface area is 151 Å². The minimum Gasteiger partial charge on any atom is -0.378 e. The van der Waals surface area contributed by atoms with Crippen LogP contribution in [0.25, 0.3) is 5.57 Å². The van der Waals surface area contributed by atoms with E-state index >= 15 is 0 Å². The predicted molar refractivity (Wildman–Crippen MR) is 98.1 cm³/mol. The zero-order valence-electron chi connectivity index (χ0n) is 14.5. The Balaban J connectivity index is 1.68. The van der Waals surface area contributed by atoms with Gasteiger partial charge in [0, 0.05) is 24.9 Å². The molecule has 1 N–H and O–H groups in total. The maximum Gasteiger partial charge on any atom is 0.248 e. The van der Waals surface area contributed by atoms with Crippen LogP contribution < -0.4 is 10.2 Å². The van der Waals surface area contributed by atoms with Crippen molar-refractivity contribution in [3.05, 3.63) is 65.7 Å². The fraction of sp³-hybridized carbons (Fsp3) is 0.250. The molecule has 2 aromatic rings. The number of anilines is 2. The standard InChI is InChI=1S/C20H20F2N2O2/c1-14(15-2-4-16(21)5-3-15)12-20(25)23-17-6-7-19(18(22)13-17)24-8-10-26-11-9-24/h2-7,12-13H,8-11H2,1H3,(H,23,25)/b14-12-. The molecule has 0 saturated carbocycles. The Morgan fingerprint density at radius 3 is 2.46 bits per heavy atom. The van der Waals surface area contributed by atoms with Crippen LogP contribution >= 0.6 is 0 Å². The van der Waals surface area contributed by atoms with E-state index in [1.807, 2.05) is 4.90 Å². The maximum absolute atomic E-state index is 14.4. The quantitative estimate of drug-likeness (QED) is 0.845. The molecule has 1 saturated heterocycles. The van der Waals surface area contributed by atoms with Crippen molar-refractivity contribution >= 4 is 22.9 Å². The highest BCUT2D eigenvalue weighted by Crippen LogP contribution is 2.24. The molecule has 0 unspecified atom stereocenters. The molecule has 1 amide bonds. The highest BCUT2D eigenvalue weighted by atomic mass is 19.1. The lowest BCUT2D eigenvalue weighted by Gasteiger charge is -2.29. The van der Waals surface area contributed by atoms with Crippen LogP contribution in [0, 0.1) is 11.6 Å². The number of halogens is 2. The van der Waals surface area contributed by atoms with E-state index in [9.17, 15) is 13.6 Å². The Morgan fingerprint density at radius 1 is 1.12 bits per heavy atom. The van der Waals surface area contributed by atoms with Crippen LogP contribution in [0.15, 0.2) is 48.5 Å². The number of nitrogens with one attached hydrogen (secondary N) is 1. The summed E-state index contributed by atoms with van der Waals surface area (Å²) >= 11 is 0. The second kappa shape index (κ2) is 8.10. The lowest BCUT2D eigenvalue weighted by molar-refractivity contribution is -0.111. The van der Waals surface area contributed by atoms with Gasteiger partial charge >= 0.3 is 0 Å². The number of amides is 1. The van der Waals surface area contributed by atoms with E-state index in [0.717, 1.165) is 5.56 Å². The summed E-state index contributed by atoms with van der Waals surface area (Å²) in [5.41, 5.74) is 2.32. The number of rotatable bonds is 4. The Kier molecular flexibility index (Phi) is 5.63. The van der Waals surface area contributed by atoms with Crippen LogP contribution in [0.3, 0.4) is 0 Å². The Morgan fingerprint density at radius 2 is 1.81 bits per heavy atom. The van der Waals surface area contributed by atoms with E-state index in [1.165, 1.54) is 24.3 Å². The van der Waals surface area contributed by atoms with Crippen LogP contribution in [0.2, 0.25) is 0 Å². The molecule has 4 nitrogen and oxygen atoms in total. The monoisotopic (exact) mass is 358 g/mol. The Bertz CT molecular complexity index is 813. The molecule has 1 heterocycles. The van der Waals surface area contributed by atoms with Gasteiger partial charge in [0.2, 0.25) is 5.91 Å². The van der Waals surface area contributed by atoms with Crippen LogP contribution in [0.4, 0.5) is 20.2 Å². The average molecular weight is 358 g/mol. The molecule has 0 bridgehead atoms. The molecule has 26 heavy (non-hydrogen) atoms. The van der Waals surface area contributed by atoms with E-state index in [1.54, 1.807) is 31.2 Å². The molecule has 1 aliphatic rings. The first-order chi connectivity index (χ1) is 12.5. The number of allylic oxidation sites excluding steroid dienone is 1. The largest absolute Gasteiger partial charge is 0.378 e. The number of carbonyl (C=O) groups excluding carboxylic acids is 1. The molecule has 0 radical (unpaired) electrons. The van der Waals surface area contributed by atoms with Crippen molar-refractivity contribution in [1.29, 1.82) is 0 Å². The van der Waals surface area contributed by atoms with Crippen molar-refractivity contribution in [2.75, 3.05) is 36.5 Å². The van der Waals surface area contributed by atoms with Crippen LogP contribution in [-0.2, 0) is 9.53 Å². The fourth-order valence-corrected chi connectivity index (χ4v) is 2.82. The molecular formula is C20H20F2N2O2.